The molecule has 2 aromatic rings. The van der Waals surface area contributed by atoms with E-state index in [-0.39, 0.29) is 11.7 Å². The van der Waals surface area contributed by atoms with Crippen molar-refractivity contribution in [1.82, 2.24) is 0 Å². The van der Waals surface area contributed by atoms with Gasteiger partial charge in [-0.1, -0.05) is 31.9 Å². The van der Waals surface area contributed by atoms with Crippen molar-refractivity contribution in [1.29, 1.82) is 0 Å². The number of nitrogens with two attached hydrogens (primary N) is 1. The van der Waals surface area contributed by atoms with E-state index in [1.165, 1.54) is 6.07 Å². The molecule has 0 aliphatic rings. The Morgan fingerprint density at radius 1 is 1.12 bits per heavy atom. The molecule has 0 saturated carbocycles. The number of nitrogen functional groups attached to an aromatic ring is 1. The van der Waals surface area contributed by atoms with Crippen LogP contribution in [0.1, 0.15) is 32.6 Å². The predicted octanol–water partition coefficient (Wildman–Crippen LogP) is 4.91. The molecule has 0 aliphatic heterocycles. The SMILES string of the molecule is CCCCCC(=O)Nc1ccc(N=Nc2ccccc2N)c(O)c1. The van der Waals surface area contributed by atoms with E-state index in [9.17, 15) is 9.90 Å². The number of nitrogens with one attached hydrogen (secondary N) is 1. The Morgan fingerprint density at radius 3 is 2.58 bits per heavy atom. The fourth-order valence-corrected chi connectivity index (χ4v) is 2.13. The molecule has 0 fully saturated rings. The molecular weight excluding hydrogens is 304 g/mol. The Bertz CT molecular complexity index is 729. The molecule has 0 aliphatic carbocycles. The molecule has 126 valence electrons. The smallest absolute Gasteiger partial charge is 0.224 e. The van der Waals surface area contributed by atoms with E-state index in [4.69, 9.17) is 5.73 Å². The van der Waals surface area contributed by atoms with Crippen molar-refractivity contribution in [3.63, 3.8) is 0 Å². The van der Waals surface area contributed by atoms with Crippen molar-refractivity contribution >= 4 is 28.7 Å². The first kappa shape index (κ1) is 17.5. The Morgan fingerprint density at radius 2 is 1.88 bits per heavy atom. The predicted molar refractivity (Wildman–Crippen MR) is 95.9 cm³/mol. The highest BCUT2D eigenvalue weighted by Crippen LogP contribution is 2.32. The Balaban J connectivity index is 2.02. The van der Waals surface area contributed by atoms with E-state index in [0.29, 0.717) is 29.2 Å². The van der Waals surface area contributed by atoms with Crippen molar-refractivity contribution in [3.05, 3.63) is 42.5 Å². The first-order chi connectivity index (χ1) is 11.6. The minimum atomic E-state index is -0.0608. The van der Waals surface area contributed by atoms with Crippen LogP contribution in [0.5, 0.6) is 5.75 Å². The quantitative estimate of drug-likeness (QED) is 0.383. The van der Waals surface area contributed by atoms with Gasteiger partial charge in [-0.25, -0.2) is 0 Å². The number of anilines is 2. The summed E-state index contributed by atoms with van der Waals surface area (Å²) in [5.41, 5.74) is 7.67. The Labute approximate surface area is 141 Å². The molecule has 4 N–H and O–H groups in total. The van der Waals surface area contributed by atoms with Crippen molar-refractivity contribution in [2.75, 3.05) is 11.1 Å². The molecule has 2 aromatic carbocycles. The molecular formula is C18H22N4O2. The van der Waals surface area contributed by atoms with Gasteiger partial charge < -0.3 is 16.2 Å². The van der Waals surface area contributed by atoms with Gasteiger partial charge in [0.2, 0.25) is 5.91 Å². The van der Waals surface area contributed by atoms with Gasteiger partial charge in [-0.15, -0.1) is 10.2 Å². The lowest BCUT2D eigenvalue weighted by Gasteiger charge is -2.06. The van der Waals surface area contributed by atoms with Crippen molar-refractivity contribution in [2.45, 2.75) is 32.6 Å². The van der Waals surface area contributed by atoms with E-state index in [2.05, 4.69) is 22.5 Å². The second-order valence-electron chi connectivity index (χ2n) is 5.47. The molecule has 0 saturated heterocycles. The minimum absolute atomic E-state index is 0.0559. The lowest BCUT2D eigenvalue weighted by atomic mass is 10.2. The first-order valence-electron chi connectivity index (χ1n) is 7.99. The van der Waals surface area contributed by atoms with Gasteiger partial charge in [-0.2, -0.15) is 0 Å². The highest BCUT2D eigenvalue weighted by molar-refractivity contribution is 5.91. The van der Waals surface area contributed by atoms with Crippen LogP contribution >= 0.6 is 0 Å². The van der Waals surface area contributed by atoms with Crippen LogP contribution in [0.15, 0.2) is 52.7 Å². The third-order valence-corrected chi connectivity index (χ3v) is 3.47. The summed E-state index contributed by atoms with van der Waals surface area (Å²) >= 11 is 0. The Hall–Kier alpha value is -2.89. The Kier molecular flexibility index (Phi) is 6.31. The summed E-state index contributed by atoms with van der Waals surface area (Å²) in [4.78, 5) is 11.8. The molecule has 0 radical (unpaired) electrons. The lowest BCUT2D eigenvalue weighted by Crippen LogP contribution is -2.10. The van der Waals surface area contributed by atoms with Crippen LogP contribution in [0.25, 0.3) is 0 Å². The van der Waals surface area contributed by atoms with Crippen LogP contribution in [0.4, 0.5) is 22.7 Å². The highest BCUT2D eigenvalue weighted by Gasteiger charge is 2.06. The third-order valence-electron chi connectivity index (χ3n) is 3.47. The standard InChI is InChI=1S/C18H22N4O2/c1-2-3-4-9-18(24)20-13-10-11-16(17(23)12-13)22-21-15-8-6-5-7-14(15)19/h5-8,10-12,23H,2-4,9,19H2,1H3,(H,20,24). The number of aromatic hydroxyl groups is 1. The second kappa shape index (κ2) is 8.67. The molecule has 1 amide bonds. The summed E-state index contributed by atoms with van der Waals surface area (Å²) in [7, 11) is 0. The molecule has 6 heteroatoms. The zero-order chi connectivity index (χ0) is 17.4. The second-order valence-corrected chi connectivity index (χ2v) is 5.47. The largest absolute Gasteiger partial charge is 0.506 e. The number of rotatable bonds is 7. The summed E-state index contributed by atoms with van der Waals surface area (Å²) < 4.78 is 0. The summed E-state index contributed by atoms with van der Waals surface area (Å²) in [5, 5.41) is 20.8. The van der Waals surface area contributed by atoms with Gasteiger partial charge in [-0.05, 0) is 30.7 Å². The van der Waals surface area contributed by atoms with Crippen LogP contribution in [-0.4, -0.2) is 11.0 Å². The minimum Gasteiger partial charge on any atom is -0.506 e. The molecule has 0 unspecified atom stereocenters. The van der Waals surface area contributed by atoms with Gasteiger partial charge in [-0.3, -0.25) is 4.79 Å². The number of hydrogen-bond donors (Lipinski definition) is 3. The average molecular weight is 326 g/mol. The molecule has 24 heavy (non-hydrogen) atoms. The number of phenolic OH excluding ortho intramolecular Hbond substituents is 1. The summed E-state index contributed by atoms with van der Waals surface area (Å²) in [5.74, 6) is -0.117. The van der Waals surface area contributed by atoms with Crippen molar-refractivity contribution < 1.29 is 9.90 Å². The topological polar surface area (TPSA) is 100 Å². The van der Waals surface area contributed by atoms with E-state index >= 15 is 0 Å². The van der Waals surface area contributed by atoms with Crippen LogP contribution in [-0.2, 0) is 4.79 Å². The van der Waals surface area contributed by atoms with Crippen LogP contribution < -0.4 is 11.1 Å². The number of hydrogen-bond acceptors (Lipinski definition) is 5. The fourth-order valence-electron chi connectivity index (χ4n) is 2.13. The van der Waals surface area contributed by atoms with Crippen LogP contribution in [0.3, 0.4) is 0 Å². The number of nitrogens with zero attached hydrogens (tertiary/aromatic N) is 2. The average Bonchev–Trinajstić information content (AvgIpc) is 2.56. The zero-order valence-electron chi connectivity index (χ0n) is 13.7. The number of carbonyl (C=O) groups excluding carboxylic acids is 1. The fraction of sp³-hybridized carbons (Fsp3) is 0.278. The summed E-state index contributed by atoms with van der Waals surface area (Å²) in [6.07, 6.45) is 3.43. The molecule has 0 heterocycles. The number of para-hydroxylation sites is 1. The van der Waals surface area contributed by atoms with E-state index in [1.54, 1.807) is 24.3 Å². The maximum Gasteiger partial charge on any atom is 0.224 e. The molecule has 0 aromatic heterocycles. The van der Waals surface area contributed by atoms with Gasteiger partial charge in [0.15, 0.2) is 0 Å². The number of amides is 1. The normalized spacial score (nSPS) is 10.9. The maximum atomic E-state index is 11.8. The van der Waals surface area contributed by atoms with E-state index < -0.39 is 0 Å². The lowest BCUT2D eigenvalue weighted by molar-refractivity contribution is -0.116. The van der Waals surface area contributed by atoms with Gasteiger partial charge in [0.05, 0.1) is 5.69 Å². The molecule has 0 bridgehead atoms. The van der Waals surface area contributed by atoms with E-state index in [0.717, 1.165) is 19.3 Å². The van der Waals surface area contributed by atoms with Gasteiger partial charge in [0, 0.05) is 18.2 Å². The molecule has 0 spiro atoms. The molecule has 0 atom stereocenters. The van der Waals surface area contributed by atoms with Gasteiger partial charge in [0.1, 0.15) is 17.1 Å². The maximum absolute atomic E-state index is 11.8. The zero-order valence-corrected chi connectivity index (χ0v) is 13.7. The van der Waals surface area contributed by atoms with E-state index in [1.807, 2.05) is 12.1 Å². The number of benzene rings is 2. The third kappa shape index (κ3) is 5.08. The van der Waals surface area contributed by atoms with Gasteiger partial charge >= 0.3 is 0 Å². The summed E-state index contributed by atoms with van der Waals surface area (Å²) in [6.45, 7) is 2.09. The summed E-state index contributed by atoms with van der Waals surface area (Å²) in [6, 6.07) is 11.8. The highest BCUT2D eigenvalue weighted by atomic mass is 16.3. The molecule has 6 nitrogen and oxygen atoms in total. The monoisotopic (exact) mass is 326 g/mol. The number of carbonyl (C=O) groups is 1. The number of phenols is 1. The molecule has 2 rings (SSSR count). The van der Waals surface area contributed by atoms with Gasteiger partial charge in [0.25, 0.3) is 0 Å². The van der Waals surface area contributed by atoms with Crippen molar-refractivity contribution in [3.8, 4) is 5.75 Å². The number of azo groups is 1. The van der Waals surface area contributed by atoms with Crippen LogP contribution in [0, 0.1) is 0 Å². The van der Waals surface area contributed by atoms with Crippen LogP contribution in [0.2, 0.25) is 0 Å². The first-order valence-corrected chi connectivity index (χ1v) is 7.99. The van der Waals surface area contributed by atoms with Crippen molar-refractivity contribution in [2.24, 2.45) is 10.2 Å². The number of unbranched alkanes of at least 4 members (excludes halogenated alkanes) is 2.